The number of ether oxygens (including phenoxy) is 2. The van der Waals surface area contributed by atoms with E-state index in [1.165, 1.54) is 30.3 Å². The molecule has 0 aliphatic carbocycles. The number of Topliss-reactive ketones (excluding diaryl/α,β-unsaturated/α-hetero) is 1. The van der Waals surface area contributed by atoms with Crippen molar-refractivity contribution in [3.63, 3.8) is 0 Å². The highest BCUT2D eigenvalue weighted by Crippen LogP contribution is 2.22. The van der Waals surface area contributed by atoms with Crippen LogP contribution in [0.1, 0.15) is 10.4 Å². The molecule has 27 heavy (non-hydrogen) atoms. The molecule has 0 unspecified atom stereocenters. The van der Waals surface area contributed by atoms with Gasteiger partial charge in [-0.25, -0.2) is 9.59 Å². The molecule has 0 fully saturated rings. The van der Waals surface area contributed by atoms with Gasteiger partial charge in [-0.2, -0.15) is 0 Å². The predicted octanol–water partition coefficient (Wildman–Crippen LogP) is 3.90. The molecule has 2 aromatic carbocycles. The second-order valence-electron chi connectivity index (χ2n) is 5.45. The van der Waals surface area contributed by atoms with Crippen LogP contribution in [0.2, 0.25) is 10.0 Å². The summed E-state index contributed by atoms with van der Waals surface area (Å²) in [6, 6.07) is 12.1. The van der Waals surface area contributed by atoms with Crippen molar-refractivity contribution in [2.75, 3.05) is 13.2 Å². The number of hydrogen-bond donors (Lipinski definition) is 0. The predicted molar refractivity (Wildman–Crippen MR) is 99.7 cm³/mol. The maximum atomic E-state index is 12.0. The summed E-state index contributed by atoms with van der Waals surface area (Å²) >= 11 is 11.7. The molecule has 1 aromatic heterocycles. The minimum atomic E-state index is -0.733. The Morgan fingerprint density at radius 2 is 1.74 bits per heavy atom. The summed E-state index contributed by atoms with van der Waals surface area (Å²) in [6.45, 7) is -0.889. The molecule has 0 amide bonds. The van der Waals surface area contributed by atoms with E-state index in [2.05, 4.69) is 0 Å². The van der Waals surface area contributed by atoms with E-state index >= 15 is 0 Å². The van der Waals surface area contributed by atoms with Gasteiger partial charge >= 0.3 is 11.6 Å². The van der Waals surface area contributed by atoms with Crippen LogP contribution in [0.25, 0.3) is 11.0 Å². The molecule has 3 rings (SSSR count). The average Bonchev–Trinajstić information content (AvgIpc) is 2.64. The van der Waals surface area contributed by atoms with E-state index in [9.17, 15) is 14.4 Å². The number of ketones is 1. The third kappa shape index (κ3) is 4.87. The van der Waals surface area contributed by atoms with Crippen molar-refractivity contribution >= 4 is 45.9 Å². The van der Waals surface area contributed by atoms with E-state index in [1.807, 2.05) is 0 Å². The molecule has 6 nitrogen and oxygen atoms in total. The molecule has 3 aromatic rings. The molecule has 0 saturated carbocycles. The Balaban J connectivity index is 1.55. The maximum Gasteiger partial charge on any atom is 0.344 e. The molecule has 0 aliphatic heterocycles. The summed E-state index contributed by atoms with van der Waals surface area (Å²) in [5.41, 5.74) is 0.0544. The van der Waals surface area contributed by atoms with Crippen molar-refractivity contribution < 1.29 is 23.5 Å². The molecule has 0 saturated heterocycles. The summed E-state index contributed by atoms with van der Waals surface area (Å²) in [5.74, 6) is -0.874. The Morgan fingerprint density at radius 3 is 2.52 bits per heavy atom. The number of hydrogen-bond acceptors (Lipinski definition) is 6. The number of carbonyl (C=O) groups is 2. The van der Waals surface area contributed by atoms with Crippen molar-refractivity contribution in [3.8, 4) is 5.75 Å². The van der Waals surface area contributed by atoms with Gasteiger partial charge < -0.3 is 13.9 Å². The molecular weight excluding hydrogens is 395 g/mol. The second-order valence-corrected chi connectivity index (χ2v) is 6.29. The second kappa shape index (κ2) is 8.24. The maximum absolute atomic E-state index is 12.0. The van der Waals surface area contributed by atoms with Gasteiger partial charge in [-0.3, -0.25) is 4.79 Å². The van der Waals surface area contributed by atoms with Crippen LogP contribution in [0.3, 0.4) is 0 Å². The van der Waals surface area contributed by atoms with Crippen molar-refractivity contribution in [3.05, 3.63) is 74.6 Å². The van der Waals surface area contributed by atoms with Crippen molar-refractivity contribution in [1.29, 1.82) is 0 Å². The third-order valence-electron chi connectivity index (χ3n) is 3.55. The van der Waals surface area contributed by atoms with Gasteiger partial charge in [0.15, 0.2) is 13.2 Å². The van der Waals surface area contributed by atoms with E-state index < -0.39 is 30.6 Å². The fourth-order valence-electron chi connectivity index (χ4n) is 2.25. The summed E-state index contributed by atoms with van der Waals surface area (Å²) in [7, 11) is 0. The van der Waals surface area contributed by atoms with E-state index in [0.717, 1.165) is 5.39 Å². The van der Waals surface area contributed by atoms with E-state index in [4.69, 9.17) is 37.1 Å². The van der Waals surface area contributed by atoms with Gasteiger partial charge in [-0.1, -0.05) is 23.2 Å². The van der Waals surface area contributed by atoms with Gasteiger partial charge in [0, 0.05) is 28.1 Å². The average molecular weight is 407 g/mol. The topological polar surface area (TPSA) is 82.8 Å². The molecular formula is C19H12Cl2O6. The van der Waals surface area contributed by atoms with Crippen LogP contribution in [-0.4, -0.2) is 25.0 Å². The smallest absolute Gasteiger partial charge is 0.344 e. The largest absolute Gasteiger partial charge is 0.482 e. The number of halogens is 2. The lowest BCUT2D eigenvalue weighted by molar-refractivity contribution is -0.144. The Morgan fingerprint density at radius 1 is 0.963 bits per heavy atom. The molecule has 1 heterocycles. The van der Waals surface area contributed by atoms with Crippen LogP contribution in [0, 0.1) is 0 Å². The van der Waals surface area contributed by atoms with Crippen molar-refractivity contribution in [1.82, 2.24) is 0 Å². The zero-order valence-corrected chi connectivity index (χ0v) is 15.3. The first kappa shape index (κ1) is 18.9. The summed E-state index contributed by atoms with van der Waals surface area (Å²) in [4.78, 5) is 35.1. The molecule has 0 aliphatic rings. The van der Waals surface area contributed by atoms with Gasteiger partial charge in [-0.05, 0) is 36.4 Å². The number of carbonyl (C=O) groups excluding carboxylic acids is 2. The Labute approximate surface area is 163 Å². The Kier molecular flexibility index (Phi) is 5.78. The normalized spacial score (nSPS) is 10.6. The molecule has 0 atom stereocenters. The lowest BCUT2D eigenvalue weighted by atomic mass is 10.1. The van der Waals surface area contributed by atoms with Gasteiger partial charge in [-0.15, -0.1) is 0 Å². The molecule has 8 heteroatoms. The first-order valence-corrected chi connectivity index (χ1v) is 8.48. The number of fused-ring (bicyclic) bond motifs is 1. The fourth-order valence-corrected chi connectivity index (χ4v) is 2.77. The van der Waals surface area contributed by atoms with Crippen LogP contribution in [0.15, 0.2) is 57.7 Å². The standard InChI is InChI=1S/C19H12Cl2O6/c20-12-3-5-14(15(21)7-12)16(22)9-26-19(24)10-25-13-4-1-11-2-6-18(23)27-17(11)8-13/h1-8H,9-10H2. The highest BCUT2D eigenvalue weighted by Gasteiger charge is 2.14. The van der Waals surface area contributed by atoms with Gasteiger partial charge in [0.1, 0.15) is 11.3 Å². The first-order valence-electron chi connectivity index (χ1n) is 7.73. The zero-order chi connectivity index (χ0) is 19.4. The van der Waals surface area contributed by atoms with Crippen molar-refractivity contribution in [2.24, 2.45) is 0 Å². The SMILES string of the molecule is O=C(COc1ccc2ccc(=O)oc2c1)OCC(=O)c1ccc(Cl)cc1Cl. The number of rotatable bonds is 6. The monoisotopic (exact) mass is 406 g/mol. The Hall–Kier alpha value is -2.83. The minimum absolute atomic E-state index is 0.178. The van der Waals surface area contributed by atoms with Crippen molar-refractivity contribution in [2.45, 2.75) is 0 Å². The first-order chi connectivity index (χ1) is 12.9. The molecule has 0 spiro atoms. The summed E-state index contributed by atoms with van der Waals surface area (Å²) in [5, 5.41) is 1.29. The zero-order valence-electron chi connectivity index (χ0n) is 13.7. The van der Waals surface area contributed by atoms with E-state index in [1.54, 1.807) is 18.2 Å². The highest BCUT2D eigenvalue weighted by molar-refractivity contribution is 6.36. The molecule has 0 radical (unpaired) electrons. The van der Waals surface area contributed by atoms with E-state index in [-0.39, 0.29) is 10.6 Å². The van der Waals surface area contributed by atoms with Crippen LogP contribution >= 0.6 is 23.2 Å². The lowest BCUT2D eigenvalue weighted by Gasteiger charge is -2.08. The van der Waals surface area contributed by atoms with Gasteiger partial charge in [0.05, 0.1) is 5.02 Å². The molecule has 138 valence electrons. The summed E-state index contributed by atoms with van der Waals surface area (Å²) in [6.07, 6.45) is 0. The molecule has 0 bridgehead atoms. The fraction of sp³-hybridized carbons (Fsp3) is 0.105. The van der Waals surface area contributed by atoms with Crippen LogP contribution in [0.5, 0.6) is 5.75 Å². The third-order valence-corrected chi connectivity index (χ3v) is 4.09. The summed E-state index contributed by atoms with van der Waals surface area (Å²) < 4.78 is 15.2. The number of benzene rings is 2. The van der Waals surface area contributed by atoms with Crippen LogP contribution in [-0.2, 0) is 9.53 Å². The van der Waals surface area contributed by atoms with Crippen LogP contribution in [0.4, 0.5) is 0 Å². The molecule has 0 N–H and O–H groups in total. The quantitative estimate of drug-likeness (QED) is 0.350. The minimum Gasteiger partial charge on any atom is -0.482 e. The number of esters is 1. The highest BCUT2D eigenvalue weighted by atomic mass is 35.5. The van der Waals surface area contributed by atoms with Gasteiger partial charge in [0.2, 0.25) is 5.78 Å². The van der Waals surface area contributed by atoms with E-state index in [0.29, 0.717) is 16.4 Å². The lowest BCUT2D eigenvalue weighted by Crippen LogP contribution is -2.19. The van der Waals surface area contributed by atoms with Gasteiger partial charge in [0.25, 0.3) is 0 Å². The Bertz CT molecular complexity index is 1070. The van der Waals surface area contributed by atoms with Crippen LogP contribution < -0.4 is 10.4 Å².